The summed E-state index contributed by atoms with van der Waals surface area (Å²) >= 11 is 0. The summed E-state index contributed by atoms with van der Waals surface area (Å²) in [7, 11) is -3.56. The van der Waals surface area contributed by atoms with E-state index in [9.17, 15) is 8.42 Å². The molecular formula is C18H20N2O3S. The number of hydrazine groups is 1. The van der Waals surface area contributed by atoms with Gasteiger partial charge in [-0.15, -0.1) is 4.83 Å². The Bertz CT molecular complexity index is 815. The van der Waals surface area contributed by atoms with Gasteiger partial charge in [0.1, 0.15) is 0 Å². The van der Waals surface area contributed by atoms with Crippen LogP contribution in [0, 0.1) is 6.92 Å². The number of nitrogens with one attached hydrogen (secondary N) is 2. The van der Waals surface area contributed by atoms with Crippen LogP contribution < -0.4 is 10.3 Å². The zero-order chi connectivity index (χ0) is 17.0. The van der Waals surface area contributed by atoms with Crippen molar-refractivity contribution in [2.45, 2.75) is 31.0 Å². The van der Waals surface area contributed by atoms with Gasteiger partial charge in [-0.1, -0.05) is 48.0 Å². The molecule has 0 saturated carbocycles. The van der Waals surface area contributed by atoms with Gasteiger partial charge < -0.3 is 10.2 Å². The smallest absolute Gasteiger partial charge is 0.257 e. The van der Waals surface area contributed by atoms with Gasteiger partial charge in [-0.3, -0.25) is 0 Å². The van der Waals surface area contributed by atoms with Crippen LogP contribution in [-0.2, 0) is 21.4 Å². The summed E-state index contributed by atoms with van der Waals surface area (Å²) < 4.78 is 30.0. The van der Waals surface area contributed by atoms with Crippen LogP contribution in [0.15, 0.2) is 71.3 Å². The molecule has 1 aliphatic rings. The minimum absolute atomic E-state index is 0.0107. The lowest BCUT2D eigenvalue weighted by molar-refractivity contribution is 0.0575. The third-order valence-electron chi connectivity index (χ3n) is 3.79. The van der Waals surface area contributed by atoms with E-state index in [2.05, 4.69) is 10.3 Å². The second kappa shape index (κ2) is 7.17. The number of sulfonamides is 1. The monoisotopic (exact) mass is 344 g/mol. The zero-order valence-electron chi connectivity index (χ0n) is 13.4. The standard InChI is InChI=1S/C18H20N2O3S/c1-14-7-9-18(10-8-14)24(21,22)20-19-16-11-17(12-16)23-13-15-5-3-2-4-6-15/h2-11,17,19-20H,12-13H2,1H3. The lowest BCUT2D eigenvalue weighted by Crippen LogP contribution is -2.40. The van der Waals surface area contributed by atoms with Gasteiger partial charge in [0.2, 0.25) is 0 Å². The summed E-state index contributed by atoms with van der Waals surface area (Å²) in [5.74, 6) is 0. The highest BCUT2D eigenvalue weighted by molar-refractivity contribution is 7.89. The molecular weight excluding hydrogens is 324 g/mol. The Kier molecular flexibility index (Phi) is 4.99. The molecule has 1 unspecified atom stereocenters. The molecule has 0 fully saturated rings. The first-order chi connectivity index (χ1) is 11.5. The van der Waals surface area contributed by atoms with Crippen molar-refractivity contribution in [2.24, 2.45) is 0 Å². The molecule has 2 aromatic carbocycles. The molecule has 0 radical (unpaired) electrons. The van der Waals surface area contributed by atoms with Gasteiger partial charge in [0, 0.05) is 12.1 Å². The van der Waals surface area contributed by atoms with Crippen LogP contribution in [0.5, 0.6) is 0 Å². The first kappa shape index (κ1) is 16.7. The van der Waals surface area contributed by atoms with Gasteiger partial charge >= 0.3 is 0 Å². The third kappa shape index (κ3) is 4.23. The van der Waals surface area contributed by atoms with Crippen LogP contribution in [0.4, 0.5) is 0 Å². The van der Waals surface area contributed by atoms with E-state index in [-0.39, 0.29) is 11.0 Å². The minimum atomic E-state index is -3.56. The van der Waals surface area contributed by atoms with E-state index in [4.69, 9.17) is 4.74 Å². The van der Waals surface area contributed by atoms with E-state index in [1.54, 1.807) is 24.3 Å². The van der Waals surface area contributed by atoms with Crippen LogP contribution in [0.1, 0.15) is 17.5 Å². The molecule has 0 spiro atoms. The van der Waals surface area contributed by atoms with Crippen molar-refractivity contribution in [3.05, 3.63) is 77.5 Å². The van der Waals surface area contributed by atoms with Crippen molar-refractivity contribution in [2.75, 3.05) is 0 Å². The van der Waals surface area contributed by atoms with Gasteiger partial charge in [0.15, 0.2) is 0 Å². The normalized spacial score (nSPS) is 17.0. The number of benzene rings is 2. The molecule has 126 valence electrons. The van der Waals surface area contributed by atoms with Gasteiger partial charge in [0.05, 0.1) is 17.6 Å². The summed E-state index contributed by atoms with van der Waals surface area (Å²) in [4.78, 5) is 2.62. The molecule has 0 amide bonds. The molecule has 0 aromatic heterocycles. The van der Waals surface area contributed by atoms with Crippen molar-refractivity contribution in [3.8, 4) is 0 Å². The maximum absolute atomic E-state index is 12.1. The van der Waals surface area contributed by atoms with E-state index in [0.29, 0.717) is 13.0 Å². The van der Waals surface area contributed by atoms with Gasteiger partial charge in [0.25, 0.3) is 10.0 Å². The number of ether oxygens (including phenoxy) is 1. The summed E-state index contributed by atoms with van der Waals surface area (Å²) in [6.07, 6.45) is 2.54. The Balaban J connectivity index is 1.47. The molecule has 0 bridgehead atoms. The Labute approximate surface area is 142 Å². The Hall–Kier alpha value is -2.15. The predicted octanol–water partition coefficient (Wildman–Crippen LogP) is 2.65. The van der Waals surface area contributed by atoms with Gasteiger partial charge in [-0.2, -0.15) is 0 Å². The molecule has 24 heavy (non-hydrogen) atoms. The van der Waals surface area contributed by atoms with Crippen LogP contribution >= 0.6 is 0 Å². The second-order valence-corrected chi connectivity index (χ2v) is 7.46. The third-order valence-corrected chi connectivity index (χ3v) is 5.06. The average molecular weight is 344 g/mol. The highest BCUT2D eigenvalue weighted by atomic mass is 32.2. The van der Waals surface area contributed by atoms with Crippen molar-refractivity contribution in [1.29, 1.82) is 0 Å². The zero-order valence-corrected chi connectivity index (χ0v) is 14.2. The molecule has 0 aliphatic heterocycles. The lowest BCUT2D eigenvalue weighted by atomic mass is 10.0. The largest absolute Gasteiger partial charge is 0.369 e. The SMILES string of the molecule is Cc1ccc(S(=O)(=O)NNC2=CC(OCc3ccccc3)C2)cc1. The Morgan fingerprint density at radius 1 is 1.08 bits per heavy atom. The summed E-state index contributed by atoms with van der Waals surface area (Å²) in [6.45, 7) is 2.46. The van der Waals surface area contributed by atoms with E-state index >= 15 is 0 Å². The second-order valence-electron chi connectivity index (χ2n) is 5.77. The quantitative estimate of drug-likeness (QED) is 0.758. The highest BCUT2D eigenvalue weighted by Gasteiger charge is 2.21. The van der Waals surface area contributed by atoms with E-state index in [1.165, 1.54) is 0 Å². The maximum Gasteiger partial charge on any atom is 0.257 e. The van der Waals surface area contributed by atoms with Gasteiger partial charge in [-0.25, -0.2) is 8.42 Å². The topological polar surface area (TPSA) is 67.4 Å². The van der Waals surface area contributed by atoms with Crippen LogP contribution in [0.25, 0.3) is 0 Å². The molecule has 6 heteroatoms. The van der Waals surface area contributed by atoms with Crippen molar-refractivity contribution < 1.29 is 13.2 Å². The van der Waals surface area contributed by atoms with E-state index in [1.807, 2.05) is 43.3 Å². The first-order valence-corrected chi connectivity index (χ1v) is 9.22. The van der Waals surface area contributed by atoms with Crippen molar-refractivity contribution >= 4 is 10.0 Å². The average Bonchev–Trinajstić information content (AvgIpc) is 2.54. The molecule has 0 saturated heterocycles. The fraction of sp³-hybridized carbons (Fsp3) is 0.222. The van der Waals surface area contributed by atoms with Crippen LogP contribution in [0.3, 0.4) is 0 Å². The number of hydrogen-bond donors (Lipinski definition) is 2. The van der Waals surface area contributed by atoms with Crippen LogP contribution in [0.2, 0.25) is 0 Å². The number of aryl methyl sites for hydroxylation is 1. The number of rotatable bonds is 7. The molecule has 1 aliphatic carbocycles. The first-order valence-electron chi connectivity index (χ1n) is 7.74. The molecule has 2 N–H and O–H groups in total. The van der Waals surface area contributed by atoms with Crippen LogP contribution in [-0.4, -0.2) is 14.5 Å². The molecule has 1 atom stereocenters. The van der Waals surface area contributed by atoms with E-state index in [0.717, 1.165) is 16.8 Å². The molecule has 3 rings (SSSR count). The lowest BCUT2D eigenvalue weighted by Gasteiger charge is -2.26. The summed E-state index contributed by atoms with van der Waals surface area (Å²) in [5.41, 5.74) is 5.69. The van der Waals surface area contributed by atoms with E-state index < -0.39 is 10.0 Å². The highest BCUT2D eigenvalue weighted by Crippen LogP contribution is 2.21. The fourth-order valence-corrected chi connectivity index (χ4v) is 3.17. The Morgan fingerprint density at radius 3 is 2.42 bits per heavy atom. The molecule has 5 nitrogen and oxygen atoms in total. The van der Waals surface area contributed by atoms with Crippen molar-refractivity contribution in [3.63, 3.8) is 0 Å². The van der Waals surface area contributed by atoms with Gasteiger partial charge in [-0.05, 0) is 30.7 Å². The minimum Gasteiger partial charge on any atom is -0.369 e. The number of hydrogen-bond acceptors (Lipinski definition) is 4. The fourth-order valence-electron chi connectivity index (χ4n) is 2.29. The summed E-state index contributed by atoms with van der Waals surface area (Å²) in [6, 6.07) is 16.6. The maximum atomic E-state index is 12.1. The predicted molar refractivity (Wildman–Crippen MR) is 92.4 cm³/mol. The molecule has 0 heterocycles. The van der Waals surface area contributed by atoms with Crippen molar-refractivity contribution in [1.82, 2.24) is 10.3 Å². The summed E-state index contributed by atoms with van der Waals surface area (Å²) in [5, 5.41) is 0. The molecule has 2 aromatic rings. The Morgan fingerprint density at radius 2 is 1.75 bits per heavy atom.